The van der Waals surface area contributed by atoms with Crippen LogP contribution in [0.5, 0.6) is 0 Å². The Balaban J connectivity index is 1.64. The molecule has 0 bridgehead atoms. The highest BCUT2D eigenvalue weighted by atomic mass is 32.1. The molecule has 11 heteroatoms. The van der Waals surface area contributed by atoms with Crippen LogP contribution in [-0.4, -0.2) is 29.0 Å². The first-order chi connectivity index (χ1) is 16.2. The number of aromatic nitrogens is 2. The zero-order chi connectivity index (χ0) is 24.6. The van der Waals surface area contributed by atoms with Crippen LogP contribution in [0.4, 0.5) is 17.2 Å². The number of thiazole rings is 1. The summed E-state index contributed by atoms with van der Waals surface area (Å²) in [6.07, 6.45) is 3.51. The maximum atomic E-state index is 13.5. The third-order valence-corrected chi connectivity index (χ3v) is 8.46. The Morgan fingerprint density at radius 1 is 1.29 bits per heavy atom. The van der Waals surface area contributed by atoms with Gasteiger partial charge >= 0.3 is 0 Å². The number of carbonyl (C=O) groups excluding carboxylic acids is 1. The van der Waals surface area contributed by atoms with Crippen LogP contribution in [0, 0.1) is 17.2 Å². The molecule has 1 aliphatic rings. The largest absolute Gasteiger partial charge is 0.397 e. The molecular formula is C23H27N6OP3S. The second-order valence-electron chi connectivity index (χ2n) is 8.36. The molecule has 2 aromatic heterocycles. The number of nitrogens with two attached hydrogens (primary N) is 1. The number of rotatable bonds is 6. The highest BCUT2D eigenvalue weighted by Crippen LogP contribution is 2.35. The Morgan fingerprint density at radius 3 is 2.74 bits per heavy atom. The molecule has 1 amide bonds. The molecular weight excluding hydrogens is 501 g/mol. The fourth-order valence-corrected chi connectivity index (χ4v) is 6.16. The number of nitrogens with zero attached hydrogens (tertiary/aromatic N) is 4. The van der Waals surface area contributed by atoms with Crippen LogP contribution in [0.3, 0.4) is 0 Å². The lowest BCUT2D eigenvalue weighted by Crippen LogP contribution is -2.40. The lowest BCUT2D eigenvalue weighted by atomic mass is 10.1. The minimum Gasteiger partial charge on any atom is -0.397 e. The highest BCUT2D eigenvalue weighted by molar-refractivity contribution is 7.30. The van der Waals surface area contributed by atoms with Crippen LogP contribution in [-0.2, 0) is 6.42 Å². The summed E-state index contributed by atoms with van der Waals surface area (Å²) in [5.41, 5.74) is 9.04. The first-order valence-corrected chi connectivity index (χ1v) is 13.5. The van der Waals surface area contributed by atoms with Gasteiger partial charge in [-0.25, -0.2) is 9.97 Å². The number of hydrogen-bond acceptors (Lipinski definition) is 7. The Morgan fingerprint density at radius 2 is 2.06 bits per heavy atom. The molecule has 0 saturated carbocycles. The van der Waals surface area contributed by atoms with Gasteiger partial charge in [-0.2, -0.15) is 5.26 Å². The zero-order valence-electron chi connectivity index (χ0n) is 19.1. The molecule has 4 rings (SSSR count). The van der Waals surface area contributed by atoms with Gasteiger partial charge in [0.2, 0.25) is 0 Å². The van der Waals surface area contributed by atoms with E-state index in [0.29, 0.717) is 40.7 Å². The number of nitrogen functional groups attached to an aromatic ring is 1. The Hall–Kier alpha value is -2.15. The van der Waals surface area contributed by atoms with E-state index in [1.54, 1.807) is 11.1 Å². The predicted octanol–water partition coefficient (Wildman–Crippen LogP) is 2.82. The summed E-state index contributed by atoms with van der Waals surface area (Å²) in [5, 5.41) is 16.3. The molecule has 0 spiro atoms. The minimum absolute atomic E-state index is 0.160. The molecule has 1 aromatic carbocycles. The van der Waals surface area contributed by atoms with Gasteiger partial charge in [-0.15, -0.1) is 39.1 Å². The molecule has 176 valence electrons. The van der Waals surface area contributed by atoms with Crippen LogP contribution in [0.1, 0.15) is 41.2 Å². The van der Waals surface area contributed by atoms with Crippen LogP contribution < -0.4 is 31.9 Å². The molecule has 1 aliphatic heterocycles. The van der Waals surface area contributed by atoms with Crippen LogP contribution >= 0.6 is 39.1 Å². The van der Waals surface area contributed by atoms with E-state index in [1.807, 2.05) is 12.1 Å². The predicted molar refractivity (Wildman–Crippen MR) is 152 cm³/mol. The summed E-state index contributed by atoms with van der Waals surface area (Å²) < 4.78 is 0. The van der Waals surface area contributed by atoms with Crippen molar-refractivity contribution in [3.8, 4) is 16.6 Å². The lowest BCUT2D eigenvalue weighted by Gasteiger charge is -2.29. The van der Waals surface area contributed by atoms with Gasteiger partial charge in [-0.1, -0.05) is 20.3 Å². The highest BCUT2D eigenvalue weighted by Gasteiger charge is 2.32. The summed E-state index contributed by atoms with van der Waals surface area (Å²) in [6, 6.07) is 6.05. The fraction of sp³-hybridized carbons (Fsp3) is 0.304. The van der Waals surface area contributed by atoms with Gasteiger partial charge in [0, 0.05) is 36.6 Å². The van der Waals surface area contributed by atoms with Crippen molar-refractivity contribution in [2.75, 3.05) is 29.0 Å². The fourth-order valence-electron chi connectivity index (χ4n) is 3.76. The number of pyridine rings is 1. The molecule has 3 N–H and O–H groups in total. The number of benzene rings is 1. The number of fused-ring (bicyclic) bond motifs is 1. The van der Waals surface area contributed by atoms with Crippen LogP contribution in [0.15, 0.2) is 18.3 Å². The van der Waals surface area contributed by atoms with E-state index < -0.39 is 0 Å². The van der Waals surface area contributed by atoms with Crippen molar-refractivity contribution in [2.45, 2.75) is 26.7 Å². The van der Waals surface area contributed by atoms with E-state index in [2.05, 4.69) is 57.9 Å². The van der Waals surface area contributed by atoms with E-state index in [0.717, 1.165) is 51.0 Å². The summed E-state index contributed by atoms with van der Waals surface area (Å²) in [4.78, 5) is 25.1. The first-order valence-electron chi connectivity index (χ1n) is 10.9. The van der Waals surface area contributed by atoms with Crippen LogP contribution in [0.2, 0.25) is 0 Å². The van der Waals surface area contributed by atoms with Gasteiger partial charge in [0.1, 0.15) is 21.8 Å². The number of anilines is 3. The second-order valence-corrected chi connectivity index (χ2v) is 11.2. The van der Waals surface area contributed by atoms with E-state index >= 15 is 0 Å². The van der Waals surface area contributed by atoms with E-state index in [1.165, 1.54) is 11.3 Å². The lowest BCUT2D eigenvalue weighted by molar-refractivity contribution is 0.0984. The van der Waals surface area contributed by atoms with E-state index in [-0.39, 0.29) is 5.91 Å². The smallest absolute Gasteiger partial charge is 0.270 e. The zero-order valence-corrected chi connectivity index (χ0v) is 23.3. The van der Waals surface area contributed by atoms with Crippen molar-refractivity contribution < 1.29 is 4.79 Å². The topological polar surface area (TPSA) is 108 Å². The molecule has 0 fully saturated rings. The number of nitriles is 1. The maximum absolute atomic E-state index is 13.5. The molecule has 0 radical (unpaired) electrons. The Bertz CT molecular complexity index is 1320. The molecule has 4 atom stereocenters. The molecule has 3 aromatic rings. The molecule has 7 nitrogen and oxygen atoms in total. The van der Waals surface area contributed by atoms with Gasteiger partial charge in [-0.05, 0) is 28.7 Å². The summed E-state index contributed by atoms with van der Waals surface area (Å²) in [5.74, 6) is 1.24. The quantitative estimate of drug-likeness (QED) is 0.377. The van der Waals surface area contributed by atoms with E-state index in [9.17, 15) is 10.1 Å². The van der Waals surface area contributed by atoms with Crippen molar-refractivity contribution in [2.24, 2.45) is 5.92 Å². The molecule has 4 unspecified atom stereocenters. The summed E-state index contributed by atoms with van der Waals surface area (Å²) in [6.45, 7) is 5.68. The van der Waals surface area contributed by atoms with Gasteiger partial charge in [-0.3, -0.25) is 4.79 Å². The van der Waals surface area contributed by atoms with E-state index in [4.69, 9.17) is 10.7 Å². The number of carbonyl (C=O) groups is 1. The Kier molecular flexibility index (Phi) is 7.51. The average molecular weight is 528 g/mol. The minimum atomic E-state index is -0.160. The van der Waals surface area contributed by atoms with Gasteiger partial charge in [0.25, 0.3) is 5.91 Å². The third-order valence-electron chi connectivity index (χ3n) is 5.97. The molecule has 0 saturated heterocycles. The Labute approximate surface area is 210 Å². The van der Waals surface area contributed by atoms with Crippen molar-refractivity contribution in [3.63, 3.8) is 0 Å². The van der Waals surface area contributed by atoms with Gasteiger partial charge < -0.3 is 16.0 Å². The molecule has 0 aliphatic carbocycles. The normalized spacial score (nSPS) is 14.0. The number of hydrogen-bond donors (Lipinski definition) is 2. The SMILES string of the molecule is CCC(C)CNc1ncc(-c2nc3c(s2)C(=O)N(c2c(P)cc(P)c(N)c2C#N)CC3)cc1P. The summed E-state index contributed by atoms with van der Waals surface area (Å²) in [7, 11) is 7.88. The van der Waals surface area contributed by atoms with Crippen molar-refractivity contribution >= 4 is 78.1 Å². The third kappa shape index (κ3) is 4.68. The molecule has 3 heterocycles. The molecule has 34 heavy (non-hydrogen) atoms. The van der Waals surface area contributed by atoms with Crippen molar-refractivity contribution in [3.05, 3.63) is 34.5 Å². The van der Waals surface area contributed by atoms with Gasteiger partial charge in [0.15, 0.2) is 0 Å². The average Bonchev–Trinajstić information content (AvgIpc) is 3.26. The number of nitrogens with one attached hydrogen (secondary N) is 1. The van der Waals surface area contributed by atoms with Crippen molar-refractivity contribution in [1.29, 1.82) is 5.26 Å². The maximum Gasteiger partial charge on any atom is 0.270 e. The first kappa shape index (κ1) is 25.0. The summed E-state index contributed by atoms with van der Waals surface area (Å²) >= 11 is 1.36. The standard InChI is InChI=1S/C23H27N6OP3S/c1-3-11(2)9-26-21-17(33)6-12(10-27-21)22-28-14-4-5-29(23(30)20(14)34-22)19-13(8-24)18(25)15(31)7-16(19)32/h6-7,10-11H,3-5,9,25,31-33H2,1-2H3,(H,26,27). The number of amides is 1. The monoisotopic (exact) mass is 528 g/mol. The second kappa shape index (κ2) is 10.2. The van der Waals surface area contributed by atoms with Gasteiger partial charge in [0.05, 0.1) is 22.6 Å². The van der Waals surface area contributed by atoms with Crippen LogP contribution in [0.25, 0.3) is 10.6 Å². The van der Waals surface area contributed by atoms with Crippen molar-refractivity contribution in [1.82, 2.24) is 9.97 Å².